The van der Waals surface area contributed by atoms with Crippen LogP contribution in [0.15, 0.2) is 18.2 Å². The van der Waals surface area contributed by atoms with Crippen LogP contribution >= 0.6 is 0 Å². The third kappa shape index (κ3) is 3.15. The number of rotatable bonds is 3. The SMILES string of the molecule is C[C@H]1CN(Cc2cccc3c2C(=O)N(C2CCC(=O)NC2=O)C3=O)CCN1. The quantitative estimate of drug-likeness (QED) is 0.720. The maximum atomic E-state index is 13.1. The van der Waals surface area contributed by atoms with E-state index >= 15 is 0 Å². The second-order valence-electron chi connectivity index (χ2n) is 7.38. The molecule has 1 unspecified atom stereocenters. The summed E-state index contributed by atoms with van der Waals surface area (Å²) in [6, 6.07) is 4.71. The first-order valence-corrected chi connectivity index (χ1v) is 9.25. The summed E-state index contributed by atoms with van der Waals surface area (Å²) in [7, 11) is 0. The zero-order valence-electron chi connectivity index (χ0n) is 15.2. The molecule has 3 aliphatic heterocycles. The van der Waals surface area contributed by atoms with E-state index in [1.165, 1.54) is 0 Å². The van der Waals surface area contributed by atoms with Gasteiger partial charge >= 0.3 is 0 Å². The molecular weight excluding hydrogens is 348 g/mol. The van der Waals surface area contributed by atoms with Gasteiger partial charge in [0.05, 0.1) is 11.1 Å². The summed E-state index contributed by atoms with van der Waals surface area (Å²) in [6.45, 7) is 5.31. The lowest BCUT2D eigenvalue weighted by molar-refractivity contribution is -0.136. The number of hydrogen-bond donors (Lipinski definition) is 2. The van der Waals surface area contributed by atoms with Crippen molar-refractivity contribution >= 4 is 23.6 Å². The van der Waals surface area contributed by atoms with Crippen LogP contribution in [0.2, 0.25) is 0 Å². The fraction of sp³-hybridized carbons (Fsp3) is 0.474. The summed E-state index contributed by atoms with van der Waals surface area (Å²) in [5.74, 6) is -1.86. The molecule has 0 saturated carbocycles. The van der Waals surface area contributed by atoms with Gasteiger partial charge in [0, 0.05) is 38.6 Å². The number of piperazine rings is 1. The first-order valence-electron chi connectivity index (χ1n) is 9.25. The Morgan fingerprint density at radius 1 is 1.15 bits per heavy atom. The number of amides is 4. The number of fused-ring (bicyclic) bond motifs is 1. The van der Waals surface area contributed by atoms with Crippen molar-refractivity contribution in [3.8, 4) is 0 Å². The van der Waals surface area contributed by atoms with Crippen molar-refractivity contribution in [3.05, 3.63) is 34.9 Å². The van der Waals surface area contributed by atoms with E-state index in [9.17, 15) is 19.2 Å². The van der Waals surface area contributed by atoms with Gasteiger partial charge in [-0.05, 0) is 25.0 Å². The molecule has 1 aromatic carbocycles. The van der Waals surface area contributed by atoms with E-state index in [0.29, 0.717) is 23.7 Å². The van der Waals surface area contributed by atoms with Crippen LogP contribution in [0.25, 0.3) is 0 Å². The van der Waals surface area contributed by atoms with Crippen molar-refractivity contribution in [2.24, 2.45) is 0 Å². The summed E-state index contributed by atoms with van der Waals surface area (Å²) >= 11 is 0. The van der Waals surface area contributed by atoms with Gasteiger partial charge < -0.3 is 5.32 Å². The summed E-state index contributed by atoms with van der Waals surface area (Å²) in [6.07, 6.45) is 0.288. The smallest absolute Gasteiger partial charge is 0.262 e. The monoisotopic (exact) mass is 370 g/mol. The number of piperidine rings is 1. The van der Waals surface area contributed by atoms with Crippen molar-refractivity contribution in [3.63, 3.8) is 0 Å². The van der Waals surface area contributed by atoms with Gasteiger partial charge in [0.2, 0.25) is 11.8 Å². The molecule has 3 heterocycles. The second kappa shape index (κ2) is 6.86. The lowest BCUT2D eigenvalue weighted by Gasteiger charge is -2.32. The van der Waals surface area contributed by atoms with E-state index in [4.69, 9.17) is 0 Å². The topological polar surface area (TPSA) is 98.8 Å². The van der Waals surface area contributed by atoms with Gasteiger partial charge in [-0.2, -0.15) is 0 Å². The molecule has 2 saturated heterocycles. The van der Waals surface area contributed by atoms with E-state index in [1.54, 1.807) is 12.1 Å². The van der Waals surface area contributed by atoms with Gasteiger partial charge in [0.25, 0.3) is 11.8 Å². The maximum Gasteiger partial charge on any atom is 0.262 e. The molecule has 27 heavy (non-hydrogen) atoms. The molecule has 0 radical (unpaired) electrons. The molecule has 8 nitrogen and oxygen atoms in total. The van der Waals surface area contributed by atoms with Crippen LogP contribution in [0, 0.1) is 0 Å². The fourth-order valence-corrected chi connectivity index (χ4v) is 4.11. The Morgan fingerprint density at radius 2 is 1.96 bits per heavy atom. The van der Waals surface area contributed by atoms with Crippen molar-refractivity contribution in [1.82, 2.24) is 20.4 Å². The molecule has 0 aliphatic carbocycles. The number of hydrogen-bond acceptors (Lipinski definition) is 6. The van der Waals surface area contributed by atoms with E-state index in [2.05, 4.69) is 22.5 Å². The molecule has 4 rings (SSSR count). The van der Waals surface area contributed by atoms with Gasteiger partial charge in [0.15, 0.2) is 0 Å². The molecule has 4 amide bonds. The Morgan fingerprint density at radius 3 is 2.70 bits per heavy atom. The fourth-order valence-electron chi connectivity index (χ4n) is 4.11. The van der Waals surface area contributed by atoms with Gasteiger partial charge in [0.1, 0.15) is 6.04 Å². The standard InChI is InChI=1S/C19H22N4O4/c1-11-9-22(8-7-20-11)10-12-3-2-4-13-16(12)19(27)23(18(13)26)14-5-6-15(24)21-17(14)25/h2-4,11,14,20H,5-10H2,1H3,(H,21,24,25)/t11-,14?/m0/s1. The number of nitrogens with one attached hydrogen (secondary N) is 2. The van der Waals surface area contributed by atoms with Crippen LogP contribution in [0.4, 0.5) is 0 Å². The van der Waals surface area contributed by atoms with Crippen LogP contribution in [0.5, 0.6) is 0 Å². The normalized spacial score (nSPS) is 26.3. The highest BCUT2D eigenvalue weighted by atomic mass is 16.2. The Labute approximate surface area is 156 Å². The van der Waals surface area contributed by atoms with Crippen LogP contribution in [0.3, 0.4) is 0 Å². The van der Waals surface area contributed by atoms with E-state index in [1.807, 2.05) is 6.07 Å². The highest BCUT2D eigenvalue weighted by Crippen LogP contribution is 2.30. The van der Waals surface area contributed by atoms with Gasteiger partial charge in [-0.15, -0.1) is 0 Å². The van der Waals surface area contributed by atoms with E-state index < -0.39 is 23.8 Å². The lowest BCUT2D eigenvalue weighted by atomic mass is 10.0. The Bertz CT molecular complexity index is 837. The Balaban J connectivity index is 1.61. The number of imide groups is 2. The van der Waals surface area contributed by atoms with E-state index in [-0.39, 0.29) is 18.7 Å². The number of carbonyl (C=O) groups excluding carboxylic acids is 4. The largest absolute Gasteiger partial charge is 0.312 e. The molecule has 0 bridgehead atoms. The molecule has 0 aromatic heterocycles. The van der Waals surface area contributed by atoms with Gasteiger partial charge in [-0.1, -0.05) is 12.1 Å². The average molecular weight is 370 g/mol. The molecule has 2 fully saturated rings. The molecule has 8 heteroatoms. The predicted molar refractivity (Wildman–Crippen MR) is 95.9 cm³/mol. The lowest BCUT2D eigenvalue weighted by Crippen LogP contribution is -2.54. The minimum Gasteiger partial charge on any atom is -0.312 e. The molecule has 1 aromatic rings. The van der Waals surface area contributed by atoms with Crippen molar-refractivity contribution in [1.29, 1.82) is 0 Å². The molecule has 3 aliphatic rings. The van der Waals surface area contributed by atoms with E-state index in [0.717, 1.165) is 30.1 Å². The highest BCUT2D eigenvalue weighted by Gasteiger charge is 2.45. The van der Waals surface area contributed by atoms with Crippen LogP contribution in [-0.4, -0.2) is 65.1 Å². The average Bonchev–Trinajstić information content (AvgIpc) is 2.87. The van der Waals surface area contributed by atoms with Crippen LogP contribution in [0.1, 0.15) is 46.0 Å². The minimum absolute atomic E-state index is 0.120. The zero-order valence-corrected chi connectivity index (χ0v) is 15.2. The second-order valence-corrected chi connectivity index (χ2v) is 7.38. The Hall–Kier alpha value is -2.58. The van der Waals surface area contributed by atoms with Crippen LogP contribution < -0.4 is 10.6 Å². The third-order valence-corrected chi connectivity index (χ3v) is 5.40. The first kappa shape index (κ1) is 17.8. The molecule has 2 atom stereocenters. The zero-order chi connectivity index (χ0) is 19.1. The highest BCUT2D eigenvalue weighted by molar-refractivity contribution is 6.24. The van der Waals surface area contributed by atoms with Gasteiger partial charge in [-0.3, -0.25) is 34.3 Å². The molecule has 2 N–H and O–H groups in total. The van der Waals surface area contributed by atoms with Crippen molar-refractivity contribution < 1.29 is 19.2 Å². The summed E-state index contributed by atoms with van der Waals surface area (Å²) in [5, 5.41) is 5.60. The first-order chi connectivity index (χ1) is 13.0. The Kier molecular flexibility index (Phi) is 4.53. The summed E-state index contributed by atoms with van der Waals surface area (Å²) in [5.41, 5.74) is 1.53. The number of carbonyl (C=O) groups is 4. The van der Waals surface area contributed by atoms with Gasteiger partial charge in [-0.25, -0.2) is 0 Å². The maximum absolute atomic E-state index is 13.1. The molecule has 142 valence electrons. The number of benzene rings is 1. The summed E-state index contributed by atoms with van der Waals surface area (Å²) < 4.78 is 0. The van der Waals surface area contributed by atoms with Crippen molar-refractivity contribution in [2.75, 3.05) is 19.6 Å². The predicted octanol–water partition coefficient (Wildman–Crippen LogP) is -0.118. The molecular formula is C19H22N4O4. The van der Waals surface area contributed by atoms with Crippen molar-refractivity contribution in [2.45, 2.75) is 38.4 Å². The molecule has 0 spiro atoms. The minimum atomic E-state index is -0.929. The number of nitrogens with zero attached hydrogens (tertiary/aromatic N) is 2. The summed E-state index contributed by atoms with van der Waals surface area (Å²) in [4.78, 5) is 52.8. The van der Waals surface area contributed by atoms with Crippen LogP contribution in [-0.2, 0) is 16.1 Å². The third-order valence-electron chi connectivity index (χ3n) is 5.40.